The summed E-state index contributed by atoms with van der Waals surface area (Å²) >= 11 is -2.63. The summed E-state index contributed by atoms with van der Waals surface area (Å²) in [4.78, 5) is 23.9. The van der Waals surface area contributed by atoms with Crippen LogP contribution in [0.2, 0.25) is 0 Å². The predicted octanol–water partition coefficient (Wildman–Crippen LogP) is 0.787. The Morgan fingerprint density at radius 1 is 1.33 bits per heavy atom. The van der Waals surface area contributed by atoms with Gasteiger partial charge < -0.3 is 19.3 Å². The number of piperidine rings is 1. The van der Waals surface area contributed by atoms with E-state index in [-0.39, 0.29) is 43.0 Å². The molecule has 1 heterocycles. The molecule has 1 aliphatic heterocycles. The monoisotopic (exact) mass is 405 g/mol. The van der Waals surface area contributed by atoms with Gasteiger partial charge in [0.2, 0.25) is 5.91 Å². The van der Waals surface area contributed by atoms with E-state index in [0.29, 0.717) is 0 Å². The number of nitrogens with one attached hydrogen (secondary N) is 1. The number of benzene rings is 1. The zero-order chi connectivity index (χ0) is 20.2. The van der Waals surface area contributed by atoms with Crippen LogP contribution in [0.25, 0.3) is 0 Å². The predicted molar refractivity (Wildman–Crippen MR) is 88.9 cm³/mol. The normalized spacial score (nSPS) is 17.6. The van der Waals surface area contributed by atoms with Crippen LogP contribution in [0.1, 0.15) is 30.9 Å². The highest BCUT2D eigenvalue weighted by Gasteiger charge is 2.41. The molecule has 2 N–H and O–H groups in total. The number of hydrogen-bond acceptors (Lipinski definition) is 5. The second-order valence-corrected chi connectivity index (χ2v) is 6.92. The van der Waals surface area contributed by atoms with Crippen molar-refractivity contribution in [3.05, 3.63) is 34.9 Å². The van der Waals surface area contributed by atoms with Gasteiger partial charge >= 0.3 is 5.97 Å². The number of likely N-dealkylation sites (tertiary alicyclic amines) is 1. The number of amides is 1. The van der Waals surface area contributed by atoms with Crippen molar-refractivity contribution in [2.24, 2.45) is 0 Å². The molecule has 1 amide bonds. The number of aliphatic carboxylic acids is 1. The lowest BCUT2D eigenvalue weighted by molar-refractivity contribution is -0.158. The standard InChI is InChI=1S/C16H20F2N2O6S/c1-10(21)20-4-2-16(3-5-20,26-9-15(22)23)12-7-13(17)11(6-14(12)18)8-19-27(24)25/h6-7,19H,2-5,8-9H2,1H3,(H,22,23)(H,24,25)/p-1. The van der Waals surface area contributed by atoms with E-state index in [4.69, 9.17) is 9.84 Å². The highest BCUT2D eigenvalue weighted by molar-refractivity contribution is 7.77. The highest BCUT2D eigenvalue weighted by Crippen LogP contribution is 2.39. The minimum atomic E-state index is -2.63. The Labute approximate surface area is 156 Å². The Balaban J connectivity index is 2.35. The second-order valence-electron chi connectivity index (χ2n) is 6.16. The largest absolute Gasteiger partial charge is 0.760 e. The van der Waals surface area contributed by atoms with Gasteiger partial charge in [-0.25, -0.2) is 18.3 Å². The minimum Gasteiger partial charge on any atom is -0.760 e. The number of carbonyl (C=O) groups is 2. The number of carbonyl (C=O) groups excluding carboxylic acids is 1. The molecule has 27 heavy (non-hydrogen) atoms. The van der Waals surface area contributed by atoms with Crippen molar-refractivity contribution in [3.8, 4) is 0 Å². The third-order valence-corrected chi connectivity index (χ3v) is 4.88. The minimum absolute atomic E-state index is 0.0956. The van der Waals surface area contributed by atoms with E-state index in [0.717, 1.165) is 12.1 Å². The lowest BCUT2D eigenvalue weighted by Gasteiger charge is -2.41. The van der Waals surface area contributed by atoms with Gasteiger partial charge in [-0.2, -0.15) is 0 Å². The summed E-state index contributed by atoms with van der Waals surface area (Å²) in [6, 6.07) is 1.75. The number of halogens is 2. The van der Waals surface area contributed by atoms with Gasteiger partial charge in [-0.3, -0.25) is 9.00 Å². The van der Waals surface area contributed by atoms with Crippen LogP contribution >= 0.6 is 0 Å². The zero-order valence-electron chi connectivity index (χ0n) is 14.5. The summed E-state index contributed by atoms with van der Waals surface area (Å²) in [6.07, 6.45) is 0.191. The molecule has 0 bridgehead atoms. The summed E-state index contributed by atoms with van der Waals surface area (Å²) in [5, 5.41) is 8.91. The molecule has 0 radical (unpaired) electrons. The molecule has 11 heteroatoms. The highest BCUT2D eigenvalue weighted by atomic mass is 32.2. The summed E-state index contributed by atoms with van der Waals surface area (Å²) in [7, 11) is 0. The maximum Gasteiger partial charge on any atom is 0.329 e. The molecule has 0 aromatic heterocycles. The SMILES string of the molecule is CC(=O)N1CCC(OCC(=O)O)(c2cc(F)c(CNS(=O)[O-])cc2F)CC1. The quantitative estimate of drug-likeness (QED) is 0.648. The first-order valence-electron chi connectivity index (χ1n) is 8.07. The maximum absolute atomic E-state index is 14.7. The van der Waals surface area contributed by atoms with E-state index in [1.54, 1.807) is 0 Å². The van der Waals surface area contributed by atoms with Gasteiger partial charge in [-0.1, -0.05) is 0 Å². The van der Waals surface area contributed by atoms with Crippen molar-refractivity contribution in [2.45, 2.75) is 31.9 Å². The molecule has 2 rings (SSSR count). The molecule has 1 unspecified atom stereocenters. The third kappa shape index (κ3) is 5.28. The first-order chi connectivity index (χ1) is 12.6. The molecule has 0 spiro atoms. The van der Waals surface area contributed by atoms with Crippen molar-refractivity contribution < 1.29 is 37.0 Å². The van der Waals surface area contributed by atoms with Gasteiger partial charge in [0.25, 0.3) is 0 Å². The van der Waals surface area contributed by atoms with E-state index >= 15 is 0 Å². The van der Waals surface area contributed by atoms with E-state index in [2.05, 4.69) is 0 Å². The van der Waals surface area contributed by atoms with Crippen LogP contribution < -0.4 is 4.72 Å². The Morgan fingerprint density at radius 2 is 1.96 bits per heavy atom. The zero-order valence-corrected chi connectivity index (χ0v) is 15.3. The number of ether oxygens (including phenoxy) is 1. The van der Waals surface area contributed by atoms with Crippen molar-refractivity contribution >= 4 is 23.1 Å². The average molecular weight is 405 g/mol. The molecule has 1 aromatic carbocycles. The Kier molecular flexibility index (Phi) is 6.98. The number of carboxylic acids is 1. The lowest BCUT2D eigenvalue weighted by atomic mass is 9.83. The van der Waals surface area contributed by atoms with Gasteiger partial charge in [0.05, 0.1) is 0 Å². The number of nitrogens with zero attached hydrogens (tertiary/aromatic N) is 1. The molecule has 1 atom stereocenters. The van der Waals surface area contributed by atoms with Crippen LogP contribution in [0.3, 0.4) is 0 Å². The molecule has 1 aliphatic rings. The average Bonchev–Trinajstić information content (AvgIpc) is 2.60. The second kappa shape index (κ2) is 8.83. The van der Waals surface area contributed by atoms with Crippen LogP contribution in [-0.2, 0) is 37.7 Å². The molecule has 1 aromatic rings. The number of hydrogen-bond donors (Lipinski definition) is 2. The van der Waals surface area contributed by atoms with E-state index < -0.39 is 47.6 Å². The van der Waals surface area contributed by atoms with E-state index in [1.807, 2.05) is 4.72 Å². The molecule has 8 nitrogen and oxygen atoms in total. The Bertz CT molecular complexity index is 753. The lowest BCUT2D eigenvalue weighted by Crippen LogP contribution is -2.47. The van der Waals surface area contributed by atoms with E-state index in [9.17, 15) is 27.1 Å². The summed E-state index contributed by atoms with van der Waals surface area (Å²) in [6.45, 7) is 0.649. The van der Waals surface area contributed by atoms with Gasteiger partial charge in [0, 0.05) is 49.0 Å². The van der Waals surface area contributed by atoms with Crippen molar-refractivity contribution in [3.63, 3.8) is 0 Å². The summed E-state index contributed by atoms with van der Waals surface area (Å²) in [5.74, 6) is -3.13. The van der Waals surface area contributed by atoms with Gasteiger partial charge in [-0.15, -0.1) is 0 Å². The van der Waals surface area contributed by atoms with Crippen LogP contribution in [0, 0.1) is 11.6 Å². The first-order valence-corrected chi connectivity index (χ1v) is 9.14. The Morgan fingerprint density at radius 3 is 2.48 bits per heavy atom. The van der Waals surface area contributed by atoms with Crippen LogP contribution in [0.5, 0.6) is 0 Å². The van der Waals surface area contributed by atoms with Gasteiger partial charge in [0.1, 0.15) is 23.8 Å². The van der Waals surface area contributed by atoms with Gasteiger partial charge in [0.15, 0.2) is 0 Å². The molecular formula is C16H19F2N2O6S-. The Hall–Kier alpha value is -1.95. The summed E-state index contributed by atoms with van der Waals surface area (Å²) in [5.41, 5.74) is -1.76. The van der Waals surface area contributed by atoms with Crippen LogP contribution in [0.15, 0.2) is 12.1 Å². The van der Waals surface area contributed by atoms with Gasteiger partial charge in [-0.05, 0) is 25.0 Å². The first kappa shape index (κ1) is 21.4. The number of rotatable bonds is 7. The smallest absolute Gasteiger partial charge is 0.329 e. The van der Waals surface area contributed by atoms with Crippen molar-refractivity contribution in [2.75, 3.05) is 19.7 Å². The van der Waals surface area contributed by atoms with E-state index in [1.165, 1.54) is 11.8 Å². The molecule has 150 valence electrons. The van der Waals surface area contributed by atoms with Crippen molar-refractivity contribution in [1.82, 2.24) is 9.62 Å². The molecule has 0 aliphatic carbocycles. The molecule has 1 fully saturated rings. The number of carboxylic acid groups (broad SMARTS) is 1. The molecule has 0 saturated carbocycles. The third-order valence-electron chi connectivity index (χ3n) is 4.50. The fourth-order valence-corrected chi connectivity index (χ4v) is 3.36. The topological polar surface area (TPSA) is 119 Å². The fraction of sp³-hybridized carbons (Fsp3) is 0.500. The van der Waals surface area contributed by atoms with Crippen LogP contribution in [0.4, 0.5) is 8.78 Å². The van der Waals surface area contributed by atoms with Crippen LogP contribution in [-0.4, -0.2) is 50.3 Å². The summed E-state index contributed by atoms with van der Waals surface area (Å²) < 4.78 is 57.6. The molecular weight excluding hydrogens is 386 g/mol. The maximum atomic E-state index is 14.7. The fourth-order valence-electron chi connectivity index (χ4n) is 3.08. The van der Waals surface area contributed by atoms with Crippen molar-refractivity contribution in [1.29, 1.82) is 0 Å². The molecule has 1 saturated heterocycles.